The fourth-order valence-corrected chi connectivity index (χ4v) is 0.476. The van der Waals surface area contributed by atoms with Gasteiger partial charge in [0.2, 0.25) is 0 Å². The molecule has 0 spiro atoms. The predicted molar refractivity (Wildman–Crippen MR) is 27.2 cm³/mol. The summed E-state index contributed by atoms with van der Waals surface area (Å²) in [7, 11) is 0. The molecular formula is C5H4F3N2. The highest BCUT2D eigenvalue weighted by Gasteiger charge is 2.31. The maximum Gasteiger partial charge on any atom is 0.371 e. The van der Waals surface area contributed by atoms with Gasteiger partial charge in [0.15, 0.2) is 6.67 Å². The van der Waals surface area contributed by atoms with Crippen molar-refractivity contribution in [1.82, 2.24) is 9.78 Å². The Morgan fingerprint density at radius 1 is 1.60 bits per heavy atom. The standard InChI is InChI=1S/C5H4F3N2/c6-4-5(7,8)10-3-1-2-9-10/h1,3H,4H2. The van der Waals surface area contributed by atoms with Crippen LogP contribution in [-0.4, -0.2) is 16.5 Å². The highest BCUT2D eigenvalue weighted by Crippen LogP contribution is 2.18. The van der Waals surface area contributed by atoms with Gasteiger partial charge in [0.05, 0.1) is 0 Å². The molecule has 10 heavy (non-hydrogen) atoms. The van der Waals surface area contributed by atoms with Crippen LogP contribution in [0.2, 0.25) is 0 Å². The zero-order valence-corrected chi connectivity index (χ0v) is 4.89. The first-order valence-electron chi connectivity index (χ1n) is 2.53. The minimum Gasteiger partial charge on any atom is -0.242 e. The lowest BCUT2D eigenvalue weighted by Gasteiger charge is -2.10. The Morgan fingerprint density at radius 2 is 2.30 bits per heavy atom. The number of rotatable bonds is 2. The Hall–Kier alpha value is -1.00. The molecule has 5 heteroatoms. The van der Waals surface area contributed by atoms with Crippen molar-refractivity contribution in [2.45, 2.75) is 6.05 Å². The monoisotopic (exact) mass is 149 g/mol. The van der Waals surface area contributed by atoms with E-state index in [1.165, 1.54) is 6.07 Å². The SMILES string of the molecule is FCC(F)(F)n1cc[c]n1. The average molecular weight is 149 g/mol. The van der Waals surface area contributed by atoms with E-state index in [-0.39, 0.29) is 4.68 Å². The molecule has 1 heterocycles. The van der Waals surface area contributed by atoms with E-state index in [4.69, 9.17) is 0 Å². The van der Waals surface area contributed by atoms with E-state index in [2.05, 4.69) is 11.3 Å². The van der Waals surface area contributed by atoms with Crippen LogP contribution < -0.4 is 0 Å². The summed E-state index contributed by atoms with van der Waals surface area (Å²) in [5.41, 5.74) is 0. The van der Waals surface area contributed by atoms with Gasteiger partial charge in [0.1, 0.15) is 6.20 Å². The molecule has 0 aliphatic heterocycles. The Balaban J connectivity index is 2.85. The fraction of sp³-hybridized carbons (Fsp3) is 0.400. The van der Waals surface area contributed by atoms with Gasteiger partial charge in [-0.3, -0.25) is 0 Å². The molecule has 0 bridgehead atoms. The van der Waals surface area contributed by atoms with E-state index in [0.717, 1.165) is 6.20 Å². The molecule has 0 fully saturated rings. The smallest absolute Gasteiger partial charge is 0.242 e. The second-order valence-corrected chi connectivity index (χ2v) is 1.69. The molecule has 0 unspecified atom stereocenters. The maximum absolute atomic E-state index is 12.2. The number of alkyl halides is 3. The van der Waals surface area contributed by atoms with Crippen molar-refractivity contribution in [3.63, 3.8) is 0 Å². The topological polar surface area (TPSA) is 17.8 Å². The molecular weight excluding hydrogens is 145 g/mol. The fourth-order valence-electron chi connectivity index (χ4n) is 0.476. The van der Waals surface area contributed by atoms with Crippen molar-refractivity contribution >= 4 is 0 Å². The Bertz CT molecular complexity index is 195. The molecule has 1 rings (SSSR count). The molecule has 2 nitrogen and oxygen atoms in total. The molecule has 55 valence electrons. The van der Waals surface area contributed by atoms with E-state index >= 15 is 0 Å². The molecule has 1 aromatic heterocycles. The van der Waals surface area contributed by atoms with E-state index in [9.17, 15) is 13.2 Å². The van der Waals surface area contributed by atoms with Crippen molar-refractivity contribution in [2.75, 3.05) is 6.67 Å². The Kier molecular flexibility index (Phi) is 1.65. The highest BCUT2D eigenvalue weighted by atomic mass is 19.3. The third kappa shape index (κ3) is 1.12. The lowest BCUT2D eigenvalue weighted by molar-refractivity contribution is -0.109. The Morgan fingerprint density at radius 3 is 2.70 bits per heavy atom. The van der Waals surface area contributed by atoms with Gasteiger partial charge in [-0.1, -0.05) is 0 Å². The van der Waals surface area contributed by atoms with Crippen LogP contribution in [0, 0.1) is 6.20 Å². The first-order chi connectivity index (χ1) is 4.67. The van der Waals surface area contributed by atoms with E-state index in [1.54, 1.807) is 0 Å². The summed E-state index contributed by atoms with van der Waals surface area (Å²) in [6.45, 7) is -1.75. The normalized spacial score (nSPS) is 11.9. The van der Waals surface area contributed by atoms with Crippen LogP contribution in [-0.2, 0) is 6.05 Å². The van der Waals surface area contributed by atoms with Gasteiger partial charge in [-0.2, -0.15) is 13.9 Å². The van der Waals surface area contributed by atoms with Gasteiger partial charge < -0.3 is 0 Å². The average Bonchev–Trinajstić information content (AvgIpc) is 2.38. The van der Waals surface area contributed by atoms with Gasteiger partial charge in [-0.05, 0) is 6.07 Å². The Labute approximate surface area is 55.3 Å². The van der Waals surface area contributed by atoms with Crippen LogP contribution in [0.4, 0.5) is 13.2 Å². The van der Waals surface area contributed by atoms with Crippen molar-refractivity contribution in [3.8, 4) is 0 Å². The van der Waals surface area contributed by atoms with Gasteiger partial charge in [0, 0.05) is 6.20 Å². The third-order valence-electron chi connectivity index (χ3n) is 0.952. The lowest BCUT2D eigenvalue weighted by Crippen LogP contribution is -2.25. The molecule has 0 saturated carbocycles. The van der Waals surface area contributed by atoms with E-state index < -0.39 is 12.7 Å². The molecule has 0 aliphatic carbocycles. The number of hydrogen-bond donors (Lipinski definition) is 0. The van der Waals surface area contributed by atoms with Crippen LogP contribution in [0.5, 0.6) is 0 Å². The van der Waals surface area contributed by atoms with Gasteiger partial charge in [0.25, 0.3) is 0 Å². The first-order valence-corrected chi connectivity index (χ1v) is 2.53. The molecule has 0 saturated heterocycles. The van der Waals surface area contributed by atoms with E-state index in [1.807, 2.05) is 0 Å². The summed E-state index contributed by atoms with van der Waals surface area (Å²) in [5.74, 6) is 0. The second-order valence-electron chi connectivity index (χ2n) is 1.69. The lowest BCUT2D eigenvalue weighted by atomic mass is 10.6. The predicted octanol–water partition coefficient (Wildman–Crippen LogP) is 1.20. The molecule has 0 atom stereocenters. The maximum atomic E-state index is 12.2. The number of hydrogen-bond acceptors (Lipinski definition) is 1. The van der Waals surface area contributed by atoms with Crippen molar-refractivity contribution in [3.05, 3.63) is 18.5 Å². The summed E-state index contributed by atoms with van der Waals surface area (Å²) in [6.07, 6.45) is 3.09. The number of nitrogens with zero attached hydrogens (tertiary/aromatic N) is 2. The van der Waals surface area contributed by atoms with Gasteiger partial charge in [-0.15, -0.1) is 0 Å². The third-order valence-corrected chi connectivity index (χ3v) is 0.952. The van der Waals surface area contributed by atoms with Crippen LogP contribution in [0.1, 0.15) is 0 Å². The number of halogens is 3. The zero-order valence-electron chi connectivity index (χ0n) is 4.89. The van der Waals surface area contributed by atoms with Crippen molar-refractivity contribution < 1.29 is 13.2 Å². The largest absolute Gasteiger partial charge is 0.371 e. The molecule has 0 aliphatic rings. The summed E-state index contributed by atoms with van der Waals surface area (Å²) in [4.78, 5) is 0. The summed E-state index contributed by atoms with van der Waals surface area (Å²) < 4.78 is 36.2. The minimum atomic E-state index is -3.53. The summed E-state index contributed by atoms with van der Waals surface area (Å²) >= 11 is 0. The van der Waals surface area contributed by atoms with Gasteiger partial charge in [-0.25, -0.2) is 9.07 Å². The molecule has 1 radical (unpaired) electrons. The van der Waals surface area contributed by atoms with Crippen molar-refractivity contribution in [2.24, 2.45) is 0 Å². The summed E-state index contributed by atoms with van der Waals surface area (Å²) in [6, 6.07) is -2.34. The molecule has 0 amide bonds. The molecule has 0 aromatic carbocycles. The summed E-state index contributed by atoms with van der Waals surface area (Å²) in [5, 5.41) is 3.06. The van der Waals surface area contributed by atoms with Crippen molar-refractivity contribution in [1.29, 1.82) is 0 Å². The highest BCUT2D eigenvalue weighted by molar-refractivity contribution is 4.79. The zero-order chi connectivity index (χ0) is 7.61. The molecule has 1 aromatic rings. The second kappa shape index (κ2) is 2.32. The van der Waals surface area contributed by atoms with Crippen LogP contribution in [0.25, 0.3) is 0 Å². The molecule has 0 N–H and O–H groups in total. The van der Waals surface area contributed by atoms with Crippen LogP contribution >= 0.6 is 0 Å². The first kappa shape index (κ1) is 7.11. The minimum absolute atomic E-state index is 0.229. The van der Waals surface area contributed by atoms with Gasteiger partial charge >= 0.3 is 6.05 Å². The quantitative estimate of drug-likeness (QED) is 0.617. The van der Waals surface area contributed by atoms with Crippen LogP contribution in [0.3, 0.4) is 0 Å². The van der Waals surface area contributed by atoms with E-state index in [0.29, 0.717) is 0 Å². The number of aromatic nitrogens is 2. The van der Waals surface area contributed by atoms with Crippen LogP contribution in [0.15, 0.2) is 12.3 Å².